The summed E-state index contributed by atoms with van der Waals surface area (Å²) in [4.78, 5) is 0. The van der Waals surface area contributed by atoms with E-state index in [1.165, 1.54) is 0 Å². The van der Waals surface area contributed by atoms with Crippen LogP contribution in [0.3, 0.4) is 0 Å². The zero-order valence-corrected chi connectivity index (χ0v) is 10.5. The Morgan fingerprint density at radius 2 is 1.95 bits per heavy atom. The lowest BCUT2D eigenvalue weighted by Crippen LogP contribution is -2.14. The fraction of sp³-hybridized carbons (Fsp3) is 0.333. The maximum atomic E-state index is 12.7. The van der Waals surface area contributed by atoms with Crippen LogP contribution in [0.2, 0.25) is 0 Å². The standard InChI is InChI=1S/C15H15F3O/c1-2-6-14(19)11-13(15(16,17)18)10-9-12-7-4-3-5-8-12/h3-5,7-8,11,14,19H,2,6H2,1H3/b13-11+. The van der Waals surface area contributed by atoms with E-state index in [0.717, 1.165) is 6.08 Å². The van der Waals surface area contributed by atoms with Crippen LogP contribution >= 0.6 is 0 Å². The molecular weight excluding hydrogens is 253 g/mol. The summed E-state index contributed by atoms with van der Waals surface area (Å²) in [5.41, 5.74) is -0.500. The van der Waals surface area contributed by atoms with Crippen molar-refractivity contribution in [3.63, 3.8) is 0 Å². The molecule has 1 aromatic rings. The Morgan fingerprint density at radius 3 is 2.47 bits per heavy atom. The number of rotatable bonds is 3. The molecular formula is C15H15F3O. The molecule has 0 saturated carbocycles. The second kappa shape index (κ2) is 7.01. The molecule has 0 aliphatic heterocycles. The van der Waals surface area contributed by atoms with E-state index in [-0.39, 0.29) is 6.42 Å². The number of benzene rings is 1. The highest BCUT2D eigenvalue weighted by atomic mass is 19.4. The first-order valence-corrected chi connectivity index (χ1v) is 5.97. The molecule has 0 amide bonds. The van der Waals surface area contributed by atoms with Gasteiger partial charge in [-0.05, 0) is 24.6 Å². The largest absolute Gasteiger partial charge is 0.423 e. The fourth-order valence-corrected chi connectivity index (χ4v) is 1.44. The van der Waals surface area contributed by atoms with Gasteiger partial charge < -0.3 is 5.11 Å². The molecule has 0 bridgehead atoms. The van der Waals surface area contributed by atoms with Crippen LogP contribution < -0.4 is 0 Å². The Morgan fingerprint density at radius 1 is 1.32 bits per heavy atom. The lowest BCUT2D eigenvalue weighted by atomic mass is 10.1. The van der Waals surface area contributed by atoms with Gasteiger partial charge in [-0.2, -0.15) is 13.2 Å². The van der Waals surface area contributed by atoms with Crippen molar-refractivity contribution in [1.82, 2.24) is 0 Å². The van der Waals surface area contributed by atoms with Crippen molar-refractivity contribution in [3.8, 4) is 11.8 Å². The maximum Gasteiger partial charge on any atom is 0.423 e. The number of halogens is 3. The van der Waals surface area contributed by atoms with Crippen LogP contribution in [0.5, 0.6) is 0 Å². The lowest BCUT2D eigenvalue weighted by Gasteiger charge is -2.08. The second-order valence-electron chi connectivity index (χ2n) is 4.05. The smallest absolute Gasteiger partial charge is 0.389 e. The molecule has 1 rings (SSSR count). The normalized spacial score (nSPS) is 13.6. The molecule has 1 nitrogen and oxygen atoms in total. The van der Waals surface area contributed by atoms with Crippen LogP contribution in [0.25, 0.3) is 0 Å². The van der Waals surface area contributed by atoms with E-state index in [0.29, 0.717) is 12.0 Å². The molecule has 0 heterocycles. The molecule has 0 spiro atoms. The van der Waals surface area contributed by atoms with Crippen molar-refractivity contribution in [2.75, 3.05) is 0 Å². The Bertz CT molecular complexity index is 478. The average molecular weight is 268 g/mol. The second-order valence-corrected chi connectivity index (χ2v) is 4.05. The molecule has 19 heavy (non-hydrogen) atoms. The number of aliphatic hydroxyl groups excluding tert-OH is 1. The van der Waals surface area contributed by atoms with Crippen LogP contribution in [0.4, 0.5) is 13.2 Å². The van der Waals surface area contributed by atoms with Crippen LogP contribution in [-0.4, -0.2) is 17.4 Å². The van der Waals surface area contributed by atoms with Gasteiger partial charge in [-0.25, -0.2) is 0 Å². The van der Waals surface area contributed by atoms with Crippen molar-refractivity contribution in [1.29, 1.82) is 0 Å². The highest BCUT2D eigenvalue weighted by molar-refractivity contribution is 5.42. The van der Waals surface area contributed by atoms with E-state index in [1.54, 1.807) is 37.3 Å². The highest BCUT2D eigenvalue weighted by Gasteiger charge is 2.33. The molecule has 0 aliphatic rings. The molecule has 4 heteroatoms. The molecule has 0 aliphatic carbocycles. The zero-order chi connectivity index (χ0) is 14.3. The molecule has 0 aromatic heterocycles. The summed E-state index contributed by atoms with van der Waals surface area (Å²) < 4.78 is 38.2. The molecule has 0 saturated heterocycles. The third kappa shape index (κ3) is 5.62. The minimum absolute atomic E-state index is 0.284. The van der Waals surface area contributed by atoms with Gasteiger partial charge in [-0.1, -0.05) is 43.4 Å². The topological polar surface area (TPSA) is 20.2 Å². The molecule has 102 valence electrons. The fourth-order valence-electron chi connectivity index (χ4n) is 1.44. The quantitative estimate of drug-likeness (QED) is 0.829. The third-order valence-electron chi connectivity index (χ3n) is 2.36. The third-order valence-corrected chi connectivity index (χ3v) is 2.36. The van der Waals surface area contributed by atoms with Gasteiger partial charge >= 0.3 is 6.18 Å². The Kier molecular flexibility index (Phi) is 5.65. The first kappa shape index (κ1) is 15.3. The van der Waals surface area contributed by atoms with Crippen molar-refractivity contribution in [3.05, 3.63) is 47.5 Å². The molecule has 1 atom stereocenters. The summed E-state index contributed by atoms with van der Waals surface area (Å²) in [7, 11) is 0. The molecule has 1 unspecified atom stereocenters. The van der Waals surface area contributed by atoms with Gasteiger partial charge in [0.15, 0.2) is 0 Å². The number of aliphatic hydroxyl groups is 1. The number of hydrogen-bond acceptors (Lipinski definition) is 1. The Balaban J connectivity index is 2.98. The van der Waals surface area contributed by atoms with Crippen LogP contribution in [0, 0.1) is 11.8 Å². The summed E-state index contributed by atoms with van der Waals surface area (Å²) in [6.45, 7) is 1.79. The summed E-state index contributed by atoms with van der Waals surface area (Å²) in [5.74, 6) is 4.54. The van der Waals surface area contributed by atoms with E-state index in [1.807, 2.05) is 0 Å². The summed E-state index contributed by atoms with van der Waals surface area (Å²) in [6, 6.07) is 8.42. The van der Waals surface area contributed by atoms with Gasteiger partial charge in [0, 0.05) is 5.56 Å². The SMILES string of the molecule is CCCC(O)/C=C(\C#Cc1ccccc1)C(F)(F)F. The molecule has 0 radical (unpaired) electrons. The van der Waals surface area contributed by atoms with Gasteiger partial charge in [0.25, 0.3) is 0 Å². The lowest BCUT2D eigenvalue weighted by molar-refractivity contribution is -0.0880. The first-order chi connectivity index (χ1) is 8.93. The minimum atomic E-state index is -4.55. The summed E-state index contributed by atoms with van der Waals surface area (Å²) >= 11 is 0. The first-order valence-electron chi connectivity index (χ1n) is 5.97. The van der Waals surface area contributed by atoms with E-state index in [2.05, 4.69) is 11.8 Å². The van der Waals surface area contributed by atoms with Gasteiger partial charge in [-0.15, -0.1) is 0 Å². The van der Waals surface area contributed by atoms with Crippen LogP contribution in [0.15, 0.2) is 42.0 Å². The monoisotopic (exact) mass is 268 g/mol. The summed E-state index contributed by atoms with van der Waals surface area (Å²) in [5, 5.41) is 9.44. The van der Waals surface area contributed by atoms with Crippen LogP contribution in [0.1, 0.15) is 25.3 Å². The Hall–Kier alpha value is -1.73. The van der Waals surface area contributed by atoms with Crippen molar-refractivity contribution in [2.24, 2.45) is 0 Å². The number of alkyl halides is 3. The van der Waals surface area contributed by atoms with Gasteiger partial charge in [0.2, 0.25) is 0 Å². The van der Waals surface area contributed by atoms with Crippen LogP contribution in [-0.2, 0) is 0 Å². The molecule has 1 aromatic carbocycles. The van der Waals surface area contributed by atoms with E-state index in [9.17, 15) is 18.3 Å². The van der Waals surface area contributed by atoms with E-state index >= 15 is 0 Å². The predicted octanol–water partition coefficient (Wildman–Crippen LogP) is 3.69. The van der Waals surface area contributed by atoms with Crippen molar-refractivity contribution in [2.45, 2.75) is 32.0 Å². The Labute approximate surface area is 110 Å². The van der Waals surface area contributed by atoms with E-state index < -0.39 is 17.9 Å². The van der Waals surface area contributed by atoms with Crippen molar-refractivity contribution < 1.29 is 18.3 Å². The molecule has 1 N–H and O–H groups in total. The highest BCUT2D eigenvalue weighted by Crippen LogP contribution is 2.25. The van der Waals surface area contributed by atoms with Gasteiger partial charge in [0.05, 0.1) is 6.10 Å². The summed E-state index contributed by atoms with van der Waals surface area (Å²) in [6.07, 6.45) is -4.00. The predicted molar refractivity (Wildman–Crippen MR) is 68.4 cm³/mol. The minimum Gasteiger partial charge on any atom is -0.389 e. The zero-order valence-electron chi connectivity index (χ0n) is 10.5. The average Bonchev–Trinajstić information content (AvgIpc) is 2.34. The van der Waals surface area contributed by atoms with Crippen molar-refractivity contribution >= 4 is 0 Å². The maximum absolute atomic E-state index is 12.7. The number of allylic oxidation sites excluding steroid dienone is 1. The van der Waals surface area contributed by atoms with Gasteiger partial charge in [0.1, 0.15) is 5.57 Å². The molecule has 0 fully saturated rings. The van der Waals surface area contributed by atoms with E-state index in [4.69, 9.17) is 0 Å². The van der Waals surface area contributed by atoms with Gasteiger partial charge in [-0.3, -0.25) is 0 Å². The number of hydrogen-bond donors (Lipinski definition) is 1.